The van der Waals surface area contributed by atoms with Gasteiger partial charge in [0.1, 0.15) is 0 Å². The van der Waals surface area contributed by atoms with Crippen molar-refractivity contribution in [2.24, 2.45) is 5.92 Å². The first-order valence-electron chi connectivity index (χ1n) is 9.16. The zero-order valence-electron chi connectivity index (χ0n) is 15.1. The number of hydrogen-bond acceptors (Lipinski definition) is 4. The summed E-state index contributed by atoms with van der Waals surface area (Å²) < 4.78 is 0. The molecule has 2 atom stereocenters. The molecule has 0 bridgehead atoms. The van der Waals surface area contributed by atoms with Gasteiger partial charge in [0.05, 0.1) is 12.3 Å². The standard InChI is InChI=1S/C18H32O7/c1-2-3-4-5-6-7-8-9-10-11-12-14(16(21)22)18(25,17(23)24)13-15(19)20/h14,25H,2-13H2,1H3,(H,19,20)(H,21,22)(H,23,24)/t14-,18+/m1/s1. The fraction of sp³-hybridized carbons (Fsp3) is 0.833. The van der Waals surface area contributed by atoms with Crippen LogP contribution in [0.25, 0.3) is 0 Å². The number of aliphatic hydroxyl groups is 1. The molecule has 0 radical (unpaired) electrons. The minimum atomic E-state index is -2.78. The molecule has 146 valence electrons. The van der Waals surface area contributed by atoms with E-state index in [1.807, 2.05) is 0 Å². The van der Waals surface area contributed by atoms with Crippen molar-refractivity contribution in [2.75, 3.05) is 0 Å². The lowest BCUT2D eigenvalue weighted by Gasteiger charge is -2.28. The predicted molar refractivity (Wildman–Crippen MR) is 92.4 cm³/mol. The summed E-state index contributed by atoms with van der Waals surface area (Å²) in [6.07, 6.45) is 9.26. The van der Waals surface area contributed by atoms with Crippen molar-refractivity contribution in [1.82, 2.24) is 0 Å². The number of rotatable bonds is 16. The molecule has 0 saturated carbocycles. The number of carbonyl (C=O) groups is 3. The van der Waals surface area contributed by atoms with Crippen molar-refractivity contribution in [3.05, 3.63) is 0 Å². The van der Waals surface area contributed by atoms with Crippen LogP contribution in [0, 0.1) is 5.92 Å². The molecule has 0 aliphatic rings. The summed E-state index contributed by atoms with van der Waals surface area (Å²) in [6, 6.07) is 0. The highest BCUT2D eigenvalue weighted by molar-refractivity contribution is 5.89. The smallest absolute Gasteiger partial charge is 0.337 e. The molecule has 0 heterocycles. The van der Waals surface area contributed by atoms with Gasteiger partial charge in [0.25, 0.3) is 0 Å². The Hall–Kier alpha value is -1.63. The van der Waals surface area contributed by atoms with E-state index in [0.29, 0.717) is 6.42 Å². The molecule has 0 aliphatic carbocycles. The minimum absolute atomic E-state index is 0.0537. The topological polar surface area (TPSA) is 132 Å². The highest BCUT2D eigenvalue weighted by atomic mass is 16.4. The monoisotopic (exact) mass is 360 g/mol. The van der Waals surface area contributed by atoms with Gasteiger partial charge in [-0.1, -0.05) is 71.1 Å². The van der Waals surface area contributed by atoms with Crippen molar-refractivity contribution in [3.63, 3.8) is 0 Å². The van der Waals surface area contributed by atoms with Gasteiger partial charge in [0.15, 0.2) is 5.60 Å². The fourth-order valence-electron chi connectivity index (χ4n) is 2.98. The Balaban J connectivity index is 4.22. The van der Waals surface area contributed by atoms with Crippen LogP contribution in [0.3, 0.4) is 0 Å². The summed E-state index contributed by atoms with van der Waals surface area (Å²) in [4.78, 5) is 33.3. The number of unbranched alkanes of at least 4 members (excludes halogenated alkanes) is 9. The summed E-state index contributed by atoms with van der Waals surface area (Å²) in [5.41, 5.74) is -2.78. The summed E-state index contributed by atoms with van der Waals surface area (Å²) in [7, 11) is 0. The molecule has 0 aliphatic heterocycles. The van der Waals surface area contributed by atoms with E-state index >= 15 is 0 Å². The molecule has 0 rings (SSSR count). The number of hydrogen-bond donors (Lipinski definition) is 4. The minimum Gasteiger partial charge on any atom is -0.481 e. The van der Waals surface area contributed by atoms with E-state index in [4.69, 9.17) is 10.2 Å². The average molecular weight is 360 g/mol. The maximum absolute atomic E-state index is 11.3. The molecule has 0 aromatic heterocycles. The SMILES string of the molecule is CCCCCCCCCCCC[C@H](C(=O)O)[C@@](O)(CC(=O)O)C(=O)O. The molecular formula is C18H32O7. The summed E-state index contributed by atoms with van der Waals surface area (Å²) >= 11 is 0. The third-order valence-electron chi connectivity index (χ3n) is 4.51. The first-order chi connectivity index (χ1) is 11.8. The maximum Gasteiger partial charge on any atom is 0.337 e. The Labute approximate surface area is 149 Å². The van der Waals surface area contributed by atoms with Crippen molar-refractivity contribution in [1.29, 1.82) is 0 Å². The number of carboxylic acid groups (broad SMARTS) is 3. The van der Waals surface area contributed by atoms with Crippen LogP contribution in [0.2, 0.25) is 0 Å². The third-order valence-corrected chi connectivity index (χ3v) is 4.51. The maximum atomic E-state index is 11.3. The van der Waals surface area contributed by atoms with Gasteiger partial charge in [-0.3, -0.25) is 9.59 Å². The van der Waals surface area contributed by atoms with Crippen LogP contribution >= 0.6 is 0 Å². The molecule has 0 amide bonds. The second-order valence-corrected chi connectivity index (χ2v) is 6.66. The van der Waals surface area contributed by atoms with Crippen LogP contribution < -0.4 is 0 Å². The molecular weight excluding hydrogens is 328 g/mol. The van der Waals surface area contributed by atoms with Gasteiger partial charge in [-0.15, -0.1) is 0 Å². The van der Waals surface area contributed by atoms with Crippen LogP contribution in [0.1, 0.15) is 84.0 Å². The van der Waals surface area contributed by atoms with E-state index in [9.17, 15) is 24.6 Å². The second-order valence-electron chi connectivity index (χ2n) is 6.66. The predicted octanol–water partition coefficient (Wildman–Crippen LogP) is 3.29. The highest BCUT2D eigenvalue weighted by Crippen LogP contribution is 2.28. The third kappa shape index (κ3) is 9.43. The van der Waals surface area contributed by atoms with Gasteiger partial charge in [-0.05, 0) is 6.42 Å². The Morgan fingerprint density at radius 2 is 1.24 bits per heavy atom. The lowest BCUT2D eigenvalue weighted by molar-refractivity contribution is -0.179. The van der Waals surface area contributed by atoms with Gasteiger partial charge in [0, 0.05) is 0 Å². The van der Waals surface area contributed by atoms with Crippen LogP contribution in [-0.2, 0) is 14.4 Å². The molecule has 7 nitrogen and oxygen atoms in total. The molecule has 25 heavy (non-hydrogen) atoms. The van der Waals surface area contributed by atoms with E-state index < -0.39 is 35.8 Å². The average Bonchev–Trinajstić information content (AvgIpc) is 2.51. The van der Waals surface area contributed by atoms with Crippen LogP contribution in [0.5, 0.6) is 0 Å². The lowest BCUT2D eigenvalue weighted by atomic mass is 9.81. The van der Waals surface area contributed by atoms with Gasteiger partial charge < -0.3 is 20.4 Å². The first-order valence-corrected chi connectivity index (χ1v) is 9.16. The second kappa shape index (κ2) is 12.7. The van der Waals surface area contributed by atoms with Crippen molar-refractivity contribution in [2.45, 2.75) is 89.6 Å². The Kier molecular flexibility index (Phi) is 11.9. The zero-order valence-corrected chi connectivity index (χ0v) is 15.1. The van der Waals surface area contributed by atoms with Crippen LogP contribution in [0.15, 0.2) is 0 Å². The van der Waals surface area contributed by atoms with E-state index in [2.05, 4.69) is 6.92 Å². The summed E-state index contributed by atoms with van der Waals surface area (Å²) in [5.74, 6) is -6.47. The highest BCUT2D eigenvalue weighted by Gasteiger charge is 2.49. The fourth-order valence-corrected chi connectivity index (χ4v) is 2.98. The van der Waals surface area contributed by atoms with Crippen molar-refractivity contribution < 1.29 is 34.8 Å². The quantitative estimate of drug-likeness (QED) is 0.310. The molecule has 0 fully saturated rings. The van der Waals surface area contributed by atoms with Gasteiger partial charge in [-0.2, -0.15) is 0 Å². The van der Waals surface area contributed by atoms with Crippen molar-refractivity contribution in [3.8, 4) is 0 Å². The Morgan fingerprint density at radius 3 is 1.60 bits per heavy atom. The summed E-state index contributed by atoms with van der Waals surface area (Å²) in [6.45, 7) is 2.17. The Morgan fingerprint density at radius 1 is 0.800 bits per heavy atom. The lowest BCUT2D eigenvalue weighted by Crippen LogP contribution is -2.50. The van der Waals surface area contributed by atoms with E-state index in [1.165, 1.54) is 32.1 Å². The van der Waals surface area contributed by atoms with Gasteiger partial charge in [0.2, 0.25) is 0 Å². The molecule has 0 aromatic carbocycles. The first kappa shape index (κ1) is 23.4. The van der Waals surface area contributed by atoms with Gasteiger partial charge >= 0.3 is 17.9 Å². The molecule has 0 spiro atoms. The molecule has 7 heteroatoms. The largest absolute Gasteiger partial charge is 0.481 e. The van der Waals surface area contributed by atoms with E-state index in [-0.39, 0.29) is 6.42 Å². The molecule has 0 saturated heterocycles. The number of carboxylic acids is 3. The van der Waals surface area contributed by atoms with Crippen molar-refractivity contribution >= 4 is 17.9 Å². The van der Waals surface area contributed by atoms with Crippen LogP contribution in [0.4, 0.5) is 0 Å². The molecule has 0 aromatic rings. The number of aliphatic carboxylic acids is 3. The normalized spacial score (nSPS) is 14.6. The molecule has 0 unspecified atom stereocenters. The van der Waals surface area contributed by atoms with Gasteiger partial charge in [-0.25, -0.2) is 4.79 Å². The van der Waals surface area contributed by atoms with E-state index in [0.717, 1.165) is 25.7 Å². The molecule has 4 N–H and O–H groups in total. The Bertz CT molecular complexity index is 422. The van der Waals surface area contributed by atoms with E-state index in [1.54, 1.807) is 0 Å². The zero-order chi connectivity index (χ0) is 19.3. The summed E-state index contributed by atoms with van der Waals surface area (Å²) in [5, 5.41) is 37.1. The van der Waals surface area contributed by atoms with Crippen LogP contribution in [-0.4, -0.2) is 43.9 Å².